The first-order valence-electron chi connectivity index (χ1n) is 8.43. The highest BCUT2D eigenvalue weighted by molar-refractivity contribution is 6.41. The van der Waals surface area contributed by atoms with Crippen molar-refractivity contribution in [2.75, 3.05) is 11.9 Å². The molecule has 0 saturated heterocycles. The van der Waals surface area contributed by atoms with Gasteiger partial charge in [0, 0.05) is 27.8 Å². The molecule has 140 valence electrons. The molecule has 0 fully saturated rings. The lowest BCUT2D eigenvalue weighted by atomic mass is 10.0. The van der Waals surface area contributed by atoms with E-state index >= 15 is 0 Å². The molecule has 0 spiro atoms. The number of halogens is 3. The van der Waals surface area contributed by atoms with Gasteiger partial charge in [-0.1, -0.05) is 53.9 Å². The molecule has 0 saturated carbocycles. The summed E-state index contributed by atoms with van der Waals surface area (Å²) in [7, 11) is 0. The smallest absolute Gasteiger partial charge is 0.278 e. The fourth-order valence-corrected chi connectivity index (χ4v) is 3.62. The van der Waals surface area contributed by atoms with E-state index in [9.17, 15) is 9.59 Å². The molecule has 1 heterocycles. The van der Waals surface area contributed by atoms with Gasteiger partial charge in [0.1, 0.15) is 5.70 Å². The highest BCUT2D eigenvalue weighted by Gasteiger charge is 2.39. The standard InChI is InChI=1S/C20H17Cl3N2O2/c1-3-9-25-19(26)17(13-8-7-12(21)10-15(13)23)18(20(25)27)24-16-6-4-5-14(22)11(16)2/h4-8,10,24H,3,9H2,1-2H3. The van der Waals surface area contributed by atoms with E-state index in [0.717, 1.165) is 5.56 Å². The Kier molecular flexibility index (Phi) is 5.80. The van der Waals surface area contributed by atoms with Crippen LogP contribution in [0.1, 0.15) is 24.5 Å². The van der Waals surface area contributed by atoms with E-state index in [2.05, 4.69) is 5.32 Å². The zero-order chi connectivity index (χ0) is 19.7. The zero-order valence-corrected chi connectivity index (χ0v) is 17.0. The highest BCUT2D eigenvalue weighted by atomic mass is 35.5. The van der Waals surface area contributed by atoms with Gasteiger partial charge in [0.15, 0.2) is 0 Å². The third kappa shape index (κ3) is 3.70. The topological polar surface area (TPSA) is 49.4 Å². The largest absolute Gasteiger partial charge is 0.350 e. The maximum absolute atomic E-state index is 13.0. The number of hydrogen-bond acceptors (Lipinski definition) is 3. The molecule has 0 radical (unpaired) electrons. The molecule has 7 heteroatoms. The van der Waals surface area contributed by atoms with Crippen LogP contribution in [0.2, 0.25) is 15.1 Å². The van der Waals surface area contributed by atoms with Gasteiger partial charge >= 0.3 is 0 Å². The number of amides is 2. The van der Waals surface area contributed by atoms with Crippen molar-refractivity contribution in [2.24, 2.45) is 0 Å². The zero-order valence-electron chi connectivity index (χ0n) is 14.8. The van der Waals surface area contributed by atoms with Gasteiger partial charge in [0.2, 0.25) is 0 Å². The molecule has 3 rings (SSSR count). The quantitative estimate of drug-likeness (QED) is 0.641. The molecule has 0 unspecified atom stereocenters. The molecular weight excluding hydrogens is 407 g/mol. The Labute approximate surface area is 172 Å². The van der Waals surface area contributed by atoms with Crippen molar-refractivity contribution in [3.05, 3.63) is 68.3 Å². The maximum Gasteiger partial charge on any atom is 0.278 e. The number of anilines is 1. The van der Waals surface area contributed by atoms with E-state index in [-0.39, 0.29) is 23.1 Å². The lowest BCUT2D eigenvalue weighted by Crippen LogP contribution is -2.33. The van der Waals surface area contributed by atoms with Crippen molar-refractivity contribution in [3.8, 4) is 0 Å². The summed E-state index contributed by atoms with van der Waals surface area (Å²) in [6, 6.07) is 10.2. The molecule has 0 bridgehead atoms. The second-order valence-electron chi connectivity index (χ2n) is 6.17. The number of rotatable bonds is 5. The lowest BCUT2D eigenvalue weighted by Gasteiger charge is -2.14. The monoisotopic (exact) mass is 422 g/mol. The third-order valence-electron chi connectivity index (χ3n) is 4.34. The first-order valence-corrected chi connectivity index (χ1v) is 9.56. The Bertz CT molecular complexity index is 970. The molecule has 1 aliphatic heterocycles. The Balaban J connectivity index is 2.16. The van der Waals surface area contributed by atoms with Crippen molar-refractivity contribution in [1.82, 2.24) is 4.90 Å². The molecule has 0 aliphatic carbocycles. The predicted octanol–water partition coefficient (Wildman–Crippen LogP) is 5.56. The average Bonchev–Trinajstić information content (AvgIpc) is 2.84. The summed E-state index contributed by atoms with van der Waals surface area (Å²) in [6.45, 7) is 4.07. The predicted molar refractivity (Wildman–Crippen MR) is 110 cm³/mol. The van der Waals surface area contributed by atoms with Crippen LogP contribution in [0, 0.1) is 6.92 Å². The summed E-state index contributed by atoms with van der Waals surface area (Å²) in [4.78, 5) is 27.2. The summed E-state index contributed by atoms with van der Waals surface area (Å²) >= 11 is 18.5. The fraction of sp³-hybridized carbons (Fsp3) is 0.200. The van der Waals surface area contributed by atoms with Crippen LogP contribution >= 0.6 is 34.8 Å². The molecule has 2 aromatic rings. The van der Waals surface area contributed by atoms with Gasteiger partial charge in [-0.15, -0.1) is 0 Å². The number of benzene rings is 2. The fourth-order valence-electron chi connectivity index (χ4n) is 2.94. The Morgan fingerprint density at radius 1 is 1.00 bits per heavy atom. The summed E-state index contributed by atoms with van der Waals surface area (Å²) in [5, 5.41) is 4.42. The molecule has 1 N–H and O–H groups in total. The van der Waals surface area contributed by atoms with Crippen molar-refractivity contribution in [2.45, 2.75) is 20.3 Å². The van der Waals surface area contributed by atoms with Crippen molar-refractivity contribution < 1.29 is 9.59 Å². The summed E-state index contributed by atoms with van der Waals surface area (Å²) in [5.74, 6) is -0.768. The van der Waals surface area contributed by atoms with Crippen LogP contribution in [0.3, 0.4) is 0 Å². The number of carbonyl (C=O) groups is 2. The van der Waals surface area contributed by atoms with Crippen LogP contribution < -0.4 is 5.32 Å². The van der Waals surface area contributed by atoms with Gasteiger partial charge in [-0.25, -0.2) is 0 Å². The Hall–Kier alpha value is -2.01. The molecule has 4 nitrogen and oxygen atoms in total. The van der Waals surface area contributed by atoms with Crippen LogP contribution in [0.4, 0.5) is 5.69 Å². The number of nitrogens with one attached hydrogen (secondary N) is 1. The molecule has 27 heavy (non-hydrogen) atoms. The van der Waals surface area contributed by atoms with Crippen LogP contribution in [0.15, 0.2) is 42.1 Å². The molecule has 2 aromatic carbocycles. The third-order valence-corrected chi connectivity index (χ3v) is 5.30. The molecule has 0 atom stereocenters. The Morgan fingerprint density at radius 3 is 2.41 bits per heavy atom. The minimum Gasteiger partial charge on any atom is -0.350 e. The van der Waals surface area contributed by atoms with E-state index in [1.54, 1.807) is 36.4 Å². The van der Waals surface area contributed by atoms with Gasteiger partial charge in [-0.3, -0.25) is 14.5 Å². The van der Waals surface area contributed by atoms with Crippen molar-refractivity contribution in [3.63, 3.8) is 0 Å². The van der Waals surface area contributed by atoms with E-state index in [4.69, 9.17) is 34.8 Å². The summed E-state index contributed by atoms with van der Waals surface area (Å²) in [5.41, 5.74) is 2.31. The first-order chi connectivity index (χ1) is 12.8. The second kappa shape index (κ2) is 7.93. The first kappa shape index (κ1) is 19.7. The van der Waals surface area contributed by atoms with Gasteiger partial charge in [-0.2, -0.15) is 0 Å². The van der Waals surface area contributed by atoms with E-state index in [1.807, 2.05) is 13.8 Å². The summed E-state index contributed by atoms with van der Waals surface area (Å²) < 4.78 is 0. The summed E-state index contributed by atoms with van der Waals surface area (Å²) in [6.07, 6.45) is 0.655. The van der Waals surface area contributed by atoms with Crippen molar-refractivity contribution >= 4 is 57.9 Å². The van der Waals surface area contributed by atoms with Crippen LogP contribution in [0.5, 0.6) is 0 Å². The van der Waals surface area contributed by atoms with E-state index < -0.39 is 0 Å². The van der Waals surface area contributed by atoms with Crippen LogP contribution in [-0.2, 0) is 9.59 Å². The van der Waals surface area contributed by atoms with Crippen molar-refractivity contribution in [1.29, 1.82) is 0 Å². The molecule has 0 aromatic heterocycles. The molecule has 1 aliphatic rings. The highest BCUT2D eigenvalue weighted by Crippen LogP contribution is 2.36. The number of nitrogens with zero attached hydrogens (tertiary/aromatic N) is 1. The average molecular weight is 424 g/mol. The SMILES string of the molecule is CCCN1C(=O)C(Nc2cccc(Cl)c2C)=C(c2ccc(Cl)cc2Cl)C1=O. The number of carbonyl (C=O) groups excluding carboxylic acids is 2. The number of hydrogen-bond donors (Lipinski definition) is 1. The van der Waals surface area contributed by atoms with Crippen LogP contribution in [-0.4, -0.2) is 23.3 Å². The maximum atomic E-state index is 13.0. The van der Waals surface area contributed by atoms with E-state index in [1.165, 1.54) is 4.90 Å². The lowest BCUT2D eigenvalue weighted by molar-refractivity contribution is -0.136. The minimum atomic E-state index is -0.387. The number of imide groups is 1. The molecular formula is C20H17Cl3N2O2. The van der Waals surface area contributed by atoms with E-state index in [0.29, 0.717) is 39.3 Å². The Morgan fingerprint density at radius 2 is 1.74 bits per heavy atom. The van der Waals surface area contributed by atoms with Gasteiger partial charge in [0.25, 0.3) is 11.8 Å². The van der Waals surface area contributed by atoms with Gasteiger partial charge in [-0.05, 0) is 43.2 Å². The van der Waals surface area contributed by atoms with Gasteiger partial charge in [0.05, 0.1) is 10.6 Å². The van der Waals surface area contributed by atoms with Crippen LogP contribution in [0.25, 0.3) is 5.57 Å². The normalized spacial score (nSPS) is 14.3. The second-order valence-corrected chi connectivity index (χ2v) is 7.42. The molecule has 2 amide bonds. The minimum absolute atomic E-state index is 0.183. The van der Waals surface area contributed by atoms with Gasteiger partial charge < -0.3 is 5.32 Å².